The van der Waals surface area contributed by atoms with Crippen LogP contribution in [0.5, 0.6) is 0 Å². The molecule has 1 atom stereocenters. The van der Waals surface area contributed by atoms with Crippen LogP contribution < -0.4 is 0 Å². The van der Waals surface area contributed by atoms with Crippen LogP contribution >= 0.6 is 11.6 Å². The van der Waals surface area contributed by atoms with E-state index in [-0.39, 0.29) is 0 Å². The first-order chi connectivity index (χ1) is 12.6. The molecule has 4 heterocycles. The Kier molecular flexibility index (Phi) is 4.76. The van der Waals surface area contributed by atoms with Gasteiger partial charge in [0, 0.05) is 51.8 Å². The van der Waals surface area contributed by atoms with Crippen LogP contribution in [-0.4, -0.2) is 41.1 Å². The lowest BCUT2D eigenvalue weighted by Gasteiger charge is -2.20. The largest absolute Gasteiger partial charge is 0.380 e. The molecule has 0 radical (unpaired) electrons. The molecule has 0 amide bonds. The number of fused-ring (bicyclic) bond motifs is 1. The summed E-state index contributed by atoms with van der Waals surface area (Å²) in [6.45, 7) is 3.35. The number of aliphatic hydroxyl groups is 1. The van der Waals surface area contributed by atoms with E-state index >= 15 is 0 Å². The maximum atomic E-state index is 10.6. The van der Waals surface area contributed by atoms with Gasteiger partial charge in [-0.1, -0.05) is 11.6 Å². The van der Waals surface area contributed by atoms with Gasteiger partial charge in [-0.3, -0.25) is 19.2 Å². The van der Waals surface area contributed by atoms with Gasteiger partial charge in [0.1, 0.15) is 6.10 Å². The number of aliphatic hydroxyl groups excluding tert-OH is 1. The Morgan fingerprint density at radius 1 is 1.27 bits per heavy atom. The molecule has 8 heteroatoms. The monoisotopic (exact) mass is 372 g/mol. The number of pyridine rings is 1. The molecule has 0 fully saturated rings. The average Bonchev–Trinajstić information content (AvgIpc) is 3.18. The Morgan fingerprint density at radius 2 is 2.15 bits per heavy atom. The van der Waals surface area contributed by atoms with E-state index in [0.29, 0.717) is 10.7 Å². The van der Waals surface area contributed by atoms with Gasteiger partial charge in [0.2, 0.25) is 0 Å². The Morgan fingerprint density at radius 3 is 2.92 bits per heavy atom. The molecular weight excluding hydrogens is 352 g/mol. The minimum absolute atomic E-state index is 0.660. The van der Waals surface area contributed by atoms with E-state index < -0.39 is 6.10 Å². The van der Waals surface area contributed by atoms with Gasteiger partial charge in [-0.25, -0.2) is 0 Å². The van der Waals surface area contributed by atoms with Crippen molar-refractivity contribution in [3.63, 3.8) is 0 Å². The van der Waals surface area contributed by atoms with Gasteiger partial charge in [-0.2, -0.15) is 10.2 Å². The molecule has 136 valence electrons. The molecule has 0 aliphatic carbocycles. The number of nitrogens with zero attached hydrogens (tertiary/aromatic N) is 6. The number of aromatic nitrogens is 5. The van der Waals surface area contributed by atoms with E-state index in [9.17, 15) is 5.11 Å². The van der Waals surface area contributed by atoms with Crippen molar-refractivity contribution in [2.75, 3.05) is 6.54 Å². The van der Waals surface area contributed by atoms with Crippen molar-refractivity contribution in [2.24, 2.45) is 7.05 Å². The summed E-state index contributed by atoms with van der Waals surface area (Å²) in [5.41, 5.74) is 3.57. The minimum atomic E-state index is -0.773. The van der Waals surface area contributed by atoms with Gasteiger partial charge >= 0.3 is 0 Å². The van der Waals surface area contributed by atoms with Crippen molar-refractivity contribution < 1.29 is 5.11 Å². The van der Waals surface area contributed by atoms with Crippen molar-refractivity contribution in [1.29, 1.82) is 0 Å². The van der Waals surface area contributed by atoms with Crippen molar-refractivity contribution in [1.82, 2.24) is 29.4 Å². The molecule has 0 spiro atoms. The molecule has 4 rings (SSSR count). The van der Waals surface area contributed by atoms with Gasteiger partial charge in [-0.05, 0) is 30.2 Å². The van der Waals surface area contributed by atoms with Crippen LogP contribution in [0.3, 0.4) is 0 Å². The minimum Gasteiger partial charge on any atom is -0.380 e. The van der Waals surface area contributed by atoms with Crippen LogP contribution in [0.15, 0.2) is 36.8 Å². The summed E-state index contributed by atoms with van der Waals surface area (Å²) in [7, 11) is 1.82. The van der Waals surface area contributed by atoms with E-state index in [4.69, 9.17) is 11.6 Å². The normalized spacial score (nSPS) is 16.3. The fourth-order valence-electron chi connectivity index (χ4n) is 3.40. The maximum absolute atomic E-state index is 10.6. The Hall–Kier alpha value is -2.22. The molecule has 7 nitrogen and oxygen atoms in total. The smallest absolute Gasteiger partial charge is 0.139 e. The molecular formula is C18H21ClN6O. The molecule has 0 saturated heterocycles. The molecule has 0 saturated carbocycles. The lowest BCUT2D eigenvalue weighted by atomic mass is 10.1. The summed E-state index contributed by atoms with van der Waals surface area (Å²) < 4.78 is 3.68. The van der Waals surface area contributed by atoms with E-state index in [1.54, 1.807) is 23.3 Å². The number of halogens is 1. The second-order valence-corrected chi connectivity index (χ2v) is 7.00. The summed E-state index contributed by atoms with van der Waals surface area (Å²) in [4.78, 5) is 6.40. The van der Waals surface area contributed by atoms with Crippen molar-refractivity contribution in [3.8, 4) is 0 Å². The lowest BCUT2D eigenvalue weighted by molar-refractivity contribution is 0.203. The van der Waals surface area contributed by atoms with Crippen LogP contribution in [0.4, 0.5) is 0 Å². The Balaban J connectivity index is 1.54. The Bertz CT molecular complexity index is 905. The highest BCUT2D eigenvalue weighted by Gasteiger charge is 2.22. The molecule has 0 bridgehead atoms. The zero-order valence-corrected chi connectivity index (χ0v) is 15.3. The van der Waals surface area contributed by atoms with Gasteiger partial charge < -0.3 is 5.11 Å². The highest BCUT2D eigenvalue weighted by atomic mass is 35.5. The van der Waals surface area contributed by atoms with Crippen LogP contribution in [0.2, 0.25) is 5.02 Å². The highest BCUT2D eigenvalue weighted by molar-refractivity contribution is 6.31. The number of rotatable bonds is 4. The summed E-state index contributed by atoms with van der Waals surface area (Å²) >= 11 is 6.25. The van der Waals surface area contributed by atoms with E-state index in [2.05, 4.69) is 20.1 Å². The molecule has 1 aliphatic rings. The van der Waals surface area contributed by atoms with Crippen LogP contribution in [-0.2, 0) is 26.7 Å². The quantitative estimate of drug-likeness (QED) is 0.759. The molecule has 1 unspecified atom stereocenters. The second kappa shape index (κ2) is 7.19. The molecule has 26 heavy (non-hydrogen) atoms. The average molecular weight is 373 g/mol. The third-order valence-corrected chi connectivity index (χ3v) is 5.12. The van der Waals surface area contributed by atoms with Gasteiger partial charge in [-0.15, -0.1) is 0 Å². The standard InChI is InChI=1S/C18H21ClN6O/c1-23-17(4-6-21-23)18(26)16-9-14-12-24(7-2-8-25(14)22-16)11-13-3-5-20-10-15(13)19/h3-6,9-10,18,26H,2,7-8,11-12H2,1H3. The highest BCUT2D eigenvalue weighted by Crippen LogP contribution is 2.24. The molecule has 3 aromatic rings. The number of hydrogen-bond donors (Lipinski definition) is 1. The van der Waals surface area contributed by atoms with Gasteiger partial charge in [0.15, 0.2) is 0 Å². The molecule has 1 N–H and O–H groups in total. The van der Waals surface area contributed by atoms with Gasteiger partial charge in [0.05, 0.1) is 22.1 Å². The van der Waals surface area contributed by atoms with Crippen LogP contribution in [0, 0.1) is 0 Å². The topological polar surface area (TPSA) is 72.0 Å². The SMILES string of the molecule is Cn1nccc1C(O)c1cc2n(n1)CCCN(Cc1ccncc1Cl)C2. The first kappa shape index (κ1) is 17.2. The first-order valence-corrected chi connectivity index (χ1v) is 9.03. The van der Waals surface area contributed by atoms with E-state index in [1.807, 2.05) is 29.9 Å². The summed E-state index contributed by atoms with van der Waals surface area (Å²) in [5.74, 6) is 0. The van der Waals surface area contributed by atoms with Gasteiger partial charge in [0.25, 0.3) is 0 Å². The zero-order valence-electron chi connectivity index (χ0n) is 14.6. The van der Waals surface area contributed by atoms with Crippen molar-refractivity contribution in [2.45, 2.75) is 32.2 Å². The third kappa shape index (κ3) is 3.38. The third-order valence-electron chi connectivity index (χ3n) is 4.78. The van der Waals surface area contributed by atoms with Crippen LogP contribution in [0.25, 0.3) is 0 Å². The Labute approximate surface area is 156 Å². The van der Waals surface area contributed by atoms with Crippen molar-refractivity contribution in [3.05, 3.63) is 64.5 Å². The number of aryl methyl sites for hydroxylation is 2. The van der Waals surface area contributed by atoms with E-state index in [1.165, 1.54) is 0 Å². The predicted octanol–water partition coefficient (Wildman–Crippen LogP) is 2.15. The molecule has 1 aliphatic heterocycles. The fraction of sp³-hybridized carbons (Fsp3) is 0.389. The predicted molar refractivity (Wildman–Crippen MR) is 97.5 cm³/mol. The fourth-order valence-corrected chi connectivity index (χ4v) is 3.58. The summed E-state index contributed by atoms with van der Waals surface area (Å²) in [5, 5.41) is 20.1. The van der Waals surface area contributed by atoms with E-state index in [0.717, 1.165) is 49.6 Å². The zero-order chi connectivity index (χ0) is 18.1. The summed E-state index contributed by atoms with van der Waals surface area (Å²) in [6, 6.07) is 5.76. The first-order valence-electron chi connectivity index (χ1n) is 8.65. The summed E-state index contributed by atoms with van der Waals surface area (Å²) in [6.07, 6.45) is 5.36. The molecule has 0 aromatic carbocycles. The van der Waals surface area contributed by atoms with Crippen molar-refractivity contribution >= 4 is 11.6 Å². The maximum Gasteiger partial charge on any atom is 0.139 e. The molecule has 3 aromatic heterocycles. The number of hydrogen-bond acceptors (Lipinski definition) is 5. The second-order valence-electron chi connectivity index (χ2n) is 6.60. The lowest BCUT2D eigenvalue weighted by Crippen LogP contribution is -2.23. The van der Waals surface area contributed by atoms with Crippen LogP contribution in [0.1, 0.15) is 35.2 Å².